The van der Waals surface area contributed by atoms with Gasteiger partial charge in [-0.25, -0.2) is 0 Å². The fourth-order valence-electron chi connectivity index (χ4n) is 11.1. The minimum atomic E-state index is -0.386. The summed E-state index contributed by atoms with van der Waals surface area (Å²) in [6.07, 6.45) is 13.0. The molecule has 4 fully saturated rings. The van der Waals surface area contributed by atoms with Crippen molar-refractivity contribution in [2.45, 2.75) is 106 Å². The second-order valence-corrected chi connectivity index (χ2v) is 15.2. The molecule has 0 aromatic heterocycles. The molecule has 1 N–H and O–H groups in total. The number of fused-ring (bicyclic) bond motifs is 7. The van der Waals surface area contributed by atoms with Crippen LogP contribution in [0.25, 0.3) is 0 Å². The van der Waals surface area contributed by atoms with Gasteiger partial charge in [-0.2, -0.15) is 0 Å². The van der Waals surface area contributed by atoms with Gasteiger partial charge in [-0.3, -0.25) is 4.79 Å². The molecular weight excluding hydrogens is 420 g/mol. The third-order valence-corrected chi connectivity index (χ3v) is 13.5. The zero-order valence-electron chi connectivity index (χ0n) is 23.2. The van der Waals surface area contributed by atoms with Gasteiger partial charge in [-0.15, -0.1) is 0 Å². The molecule has 34 heavy (non-hydrogen) atoms. The van der Waals surface area contributed by atoms with Crippen LogP contribution in [-0.2, 0) is 9.53 Å². The normalized spacial score (nSPS) is 54.1. The first-order valence-electron chi connectivity index (χ1n) is 14.1. The average molecular weight is 471 g/mol. The van der Waals surface area contributed by atoms with Gasteiger partial charge in [-0.1, -0.05) is 48.5 Å². The molecule has 0 heterocycles. The van der Waals surface area contributed by atoms with Gasteiger partial charge in [0.15, 0.2) is 5.78 Å². The number of carbonyl (C=O) groups excluding carboxylic acids is 1. The highest BCUT2D eigenvalue weighted by Crippen LogP contribution is 2.78. The SMILES string of the molecule is COC1=CC(=O)C(C)C2(CO)CCC3C(C)(CCC4(C)C5CC(C)(C)CCC5(C)CCC34C)C12. The molecule has 9 unspecified atom stereocenters. The molecule has 0 spiro atoms. The highest BCUT2D eigenvalue weighted by molar-refractivity contribution is 5.93. The van der Waals surface area contributed by atoms with Crippen LogP contribution >= 0.6 is 0 Å². The summed E-state index contributed by atoms with van der Waals surface area (Å²) in [5, 5.41) is 10.8. The molecule has 5 rings (SSSR count). The summed E-state index contributed by atoms with van der Waals surface area (Å²) in [5.74, 6) is 2.33. The fraction of sp³-hybridized carbons (Fsp3) is 0.903. The number of hydrogen-bond donors (Lipinski definition) is 1. The highest BCUT2D eigenvalue weighted by Gasteiger charge is 2.72. The second kappa shape index (κ2) is 7.36. The lowest BCUT2D eigenvalue weighted by Crippen LogP contribution is -2.68. The van der Waals surface area contributed by atoms with Gasteiger partial charge in [-0.05, 0) is 96.7 Å². The molecule has 0 aromatic carbocycles. The molecule has 3 heteroatoms. The summed E-state index contributed by atoms with van der Waals surface area (Å²) in [6.45, 7) is 17.6. The van der Waals surface area contributed by atoms with Crippen LogP contribution in [0.3, 0.4) is 0 Å². The van der Waals surface area contributed by atoms with Crippen LogP contribution in [0.15, 0.2) is 11.8 Å². The van der Waals surface area contributed by atoms with E-state index in [-0.39, 0.29) is 40.5 Å². The molecule has 3 nitrogen and oxygen atoms in total. The first-order chi connectivity index (χ1) is 15.7. The average Bonchev–Trinajstić information content (AvgIpc) is 2.79. The first-order valence-corrected chi connectivity index (χ1v) is 14.1. The van der Waals surface area contributed by atoms with E-state index in [4.69, 9.17) is 4.74 Å². The molecule has 4 saturated carbocycles. The third-order valence-electron chi connectivity index (χ3n) is 13.5. The number of carbonyl (C=O) groups is 1. The van der Waals surface area contributed by atoms with Crippen molar-refractivity contribution in [1.82, 2.24) is 0 Å². The van der Waals surface area contributed by atoms with Crippen molar-refractivity contribution in [1.29, 1.82) is 0 Å². The maximum atomic E-state index is 13.0. The van der Waals surface area contributed by atoms with Crippen molar-refractivity contribution in [3.63, 3.8) is 0 Å². The summed E-state index contributed by atoms with van der Waals surface area (Å²) in [6, 6.07) is 0. The Bertz CT molecular complexity index is 904. The monoisotopic (exact) mass is 470 g/mol. The molecule has 5 aliphatic rings. The molecule has 9 atom stereocenters. The summed E-state index contributed by atoms with van der Waals surface area (Å²) in [5.41, 5.74) is 1.20. The standard InChI is InChI=1S/C31H50O3/c1-20-21(33)17-22(34-8)25-28(5)14-16-30(7)24-18-26(2,3)11-12-27(24,4)13-15-29(30,6)23(28)9-10-31(20,25)19-32/h17,20,23-25,32H,9-16,18-19H2,1-8H3. The van der Waals surface area contributed by atoms with Crippen LogP contribution in [0, 0.1) is 56.2 Å². The van der Waals surface area contributed by atoms with E-state index in [0.717, 1.165) is 24.5 Å². The van der Waals surface area contributed by atoms with E-state index >= 15 is 0 Å². The number of aliphatic hydroxyl groups is 1. The van der Waals surface area contributed by atoms with Crippen LogP contribution in [-0.4, -0.2) is 24.6 Å². The lowest BCUT2D eigenvalue weighted by atomic mass is 9.30. The van der Waals surface area contributed by atoms with Gasteiger partial charge in [0.1, 0.15) is 5.76 Å². The van der Waals surface area contributed by atoms with Gasteiger partial charge in [0, 0.05) is 23.3 Å². The summed E-state index contributed by atoms with van der Waals surface area (Å²) < 4.78 is 5.97. The quantitative estimate of drug-likeness (QED) is 0.465. The number of rotatable bonds is 2. The van der Waals surface area contributed by atoms with Crippen molar-refractivity contribution in [2.75, 3.05) is 13.7 Å². The number of ether oxygens (including phenoxy) is 1. The highest BCUT2D eigenvalue weighted by atomic mass is 16.5. The Morgan fingerprint density at radius 1 is 0.912 bits per heavy atom. The number of methoxy groups -OCH3 is 1. The molecule has 0 amide bonds. The number of hydrogen-bond acceptors (Lipinski definition) is 3. The number of allylic oxidation sites excluding steroid dienone is 2. The predicted octanol–water partition coefficient (Wildman–Crippen LogP) is 7.18. The molecule has 0 saturated heterocycles. The third kappa shape index (κ3) is 2.88. The largest absolute Gasteiger partial charge is 0.501 e. The Kier molecular flexibility index (Phi) is 5.38. The van der Waals surface area contributed by atoms with Gasteiger partial charge in [0.25, 0.3) is 0 Å². The van der Waals surface area contributed by atoms with Gasteiger partial charge >= 0.3 is 0 Å². The second-order valence-electron chi connectivity index (χ2n) is 15.2. The van der Waals surface area contributed by atoms with Crippen molar-refractivity contribution in [2.24, 2.45) is 56.2 Å². The fourth-order valence-corrected chi connectivity index (χ4v) is 11.1. The van der Waals surface area contributed by atoms with Crippen LogP contribution in [0.4, 0.5) is 0 Å². The Morgan fingerprint density at radius 3 is 2.18 bits per heavy atom. The lowest BCUT2D eigenvalue weighted by molar-refractivity contribution is -0.257. The summed E-state index contributed by atoms with van der Waals surface area (Å²) in [4.78, 5) is 13.0. The van der Waals surface area contributed by atoms with Crippen molar-refractivity contribution >= 4 is 5.78 Å². The lowest BCUT2D eigenvalue weighted by Gasteiger charge is -2.74. The van der Waals surface area contributed by atoms with E-state index in [1.54, 1.807) is 13.2 Å². The Labute approximate surface area is 208 Å². The predicted molar refractivity (Wildman–Crippen MR) is 137 cm³/mol. The van der Waals surface area contributed by atoms with Crippen LogP contribution < -0.4 is 0 Å². The van der Waals surface area contributed by atoms with E-state index < -0.39 is 0 Å². The van der Waals surface area contributed by atoms with Crippen LogP contribution in [0.2, 0.25) is 0 Å². The van der Waals surface area contributed by atoms with Gasteiger partial charge in [0.2, 0.25) is 0 Å². The van der Waals surface area contributed by atoms with E-state index in [0.29, 0.717) is 22.2 Å². The van der Waals surface area contributed by atoms with Gasteiger partial charge < -0.3 is 9.84 Å². The van der Waals surface area contributed by atoms with Gasteiger partial charge in [0.05, 0.1) is 13.7 Å². The van der Waals surface area contributed by atoms with Crippen LogP contribution in [0.5, 0.6) is 0 Å². The molecule has 0 radical (unpaired) electrons. The molecule has 0 aromatic rings. The van der Waals surface area contributed by atoms with E-state index in [1.165, 1.54) is 44.9 Å². The molecule has 192 valence electrons. The Hall–Kier alpha value is -0.830. The topological polar surface area (TPSA) is 46.5 Å². The maximum absolute atomic E-state index is 13.0. The zero-order valence-corrected chi connectivity index (χ0v) is 23.2. The Morgan fingerprint density at radius 2 is 1.53 bits per heavy atom. The molecular formula is C31H50O3. The van der Waals surface area contributed by atoms with E-state index in [1.807, 2.05) is 0 Å². The summed E-state index contributed by atoms with van der Waals surface area (Å²) >= 11 is 0. The van der Waals surface area contributed by atoms with E-state index in [9.17, 15) is 9.90 Å². The summed E-state index contributed by atoms with van der Waals surface area (Å²) in [7, 11) is 1.73. The molecule has 5 aliphatic carbocycles. The van der Waals surface area contributed by atoms with Crippen molar-refractivity contribution in [3.8, 4) is 0 Å². The smallest absolute Gasteiger partial charge is 0.162 e. The van der Waals surface area contributed by atoms with E-state index in [2.05, 4.69) is 48.5 Å². The first kappa shape index (κ1) is 24.8. The maximum Gasteiger partial charge on any atom is 0.162 e. The van der Waals surface area contributed by atoms with Crippen LogP contribution in [0.1, 0.15) is 106 Å². The van der Waals surface area contributed by atoms with Crippen molar-refractivity contribution in [3.05, 3.63) is 11.8 Å². The van der Waals surface area contributed by atoms with Crippen molar-refractivity contribution < 1.29 is 14.6 Å². The zero-order chi connectivity index (χ0) is 24.9. The number of ketones is 1. The minimum Gasteiger partial charge on any atom is -0.501 e. The number of aliphatic hydroxyl groups excluding tert-OH is 1. The Balaban J connectivity index is 1.61. The molecule has 0 aliphatic heterocycles. The molecule has 0 bridgehead atoms. The minimum absolute atomic E-state index is 0.0456.